The molecule has 1 saturated carbocycles. The van der Waals surface area contributed by atoms with Gasteiger partial charge in [-0.05, 0) is 89.6 Å². The van der Waals surface area contributed by atoms with E-state index in [0.29, 0.717) is 55.7 Å². The lowest BCUT2D eigenvalue weighted by Gasteiger charge is -2.18. The van der Waals surface area contributed by atoms with Crippen LogP contribution in [0.1, 0.15) is 66.7 Å². The maximum Gasteiger partial charge on any atom is 0.333 e. The molecule has 0 radical (unpaired) electrons. The van der Waals surface area contributed by atoms with Gasteiger partial charge in [0, 0.05) is 35.0 Å². The first-order valence-electron chi connectivity index (χ1n) is 22.6. The van der Waals surface area contributed by atoms with Crippen molar-refractivity contribution in [2.24, 2.45) is 5.92 Å². The van der Waals surface area contributed by atoms with E-state index >= 15 is 0 Å². The number of aliphatic hydroxyl groups is 1. The van der Waals surface area contributed by atoms with Crippen LogP contribution in [0.15, 0.2) is 135 Å². The van der Waals surface area contributed by atoms with E-state index in [-0.39, 0.29) is 62.2 Å². The van der Waals surface area contributed by atoms with Crippen molar-refractivity contribution in [3.63, 3.8) is 0 Å². The van der Waals surface area contributed by atoms with E-state index < -0.39 is 24.0 Å². The standard InChI is InChI=1S/C12H14O3.C11H16O5.C11H16O3.C11H12O3.C8H15NO2/c1-10(2)12(13)15-9-8-14-11-6-4-3-5-7-11;1-7(2)10(13)15-5-9(12)6-16-11(14)8(3)4;1-7(2)11(12)13-6-8-3-4-9-10(5-8)14-9;1-2-11(12)14-9-8-13-10-6-4-3-5-7-10;1-3-5-6-11-7-9-8(10)4-2/h3-7H,1,8-9H2,2H3;9,12H,1,3,5-6H2,2,4H3;8-10H,1,3-6H2,2H3;2-7H,1,8-9H2;4H,2-3,5-7H2,1H3,(H,9,10). The summed E-state index contributed by atoms with van der Waals surface area (Å²) >= 11 is 0. The van der Waals surface area contributed by atoms with Crippen LogP contribution in [-0.4, -0.2) is 119 Å². The minimum Gasteiger partial charge on any atom is -0.490 e. The first-order valence-corrected chi connectivity index (χ1v) is 22.6. The number of rotatable bonds is 25. The molecule has 17 nitrogen and oxygen atoms in total. The number of amides is 1. The van der Waals surface area contributed by atoms with Gasteiger partial charge in [-0.3, -0.25) is 4.79 Å². The van der Waals surface area contributed by atoms with E-state index in [1.54, 1.807) is 13.8 Å². The Morgan fingerprint density at radius 1 is 0.643 bits per heavy atom. The molecular weight excluding hydrogens is 907 g/mol. The second-order valence-electron chi connectivity index (χ2n) is 15.4. The van der Waals surface area contributed by atoms with E-state index in [1.807, 2.05) is 60.7 Å². The average molecular weight is 980 g/mol. The number of unbranched alkanes of at least 4 members (excludes halogenated alkanes) is 1. The van der Waals surface area contributed by atoms with Crippen LogP contribution >= 0.6 is 0 Å². The van der Waals surface area contributed by atoms with Crippen LogP contribution in [0.2, 0.25) is 0 Å². The summed E-state index contributed by atoms with van der Waals surface area (Å²) < 4.78 is 45.1. The van der Waals surface area contributed by atoms with E-state index in [9.17, 15) is 33.9 Å². The fourth-order valence-electron chi connectivity index (χ4n) is 4.92. The molecule has 2 fully saturated rings. The van der Waals surface area contributed by atoms with Crippen LogP contribution in [0, 0.1) is 5.92 Å². The minimum absolute atomic E-state index is 0.193. The lowest BCUT2D eigenvalue weighted by atomic mass is 9.90. The van der Waals surface area contributed by atoms with E-state index in [4.69, 9.17) is 33.2 Å². The lowest BCUT2D eigenvalue weighted by molar-refractivity contribution is -0.147. The predicted octanol–water partition coefficient (Wildman–Crippen LogP) is 7.30. The van der Waals surface area contributed by atoms with Crippen molar-refractivity contribution >= 4 is 35.8 Å². The Bertz CT molecular complexity index is 1920. The van der Waals surface area contributed by atoms with Crippen molar-refractivity contribution in [1.29, 1.82) is 0 Å². The molecule has 2 N–H and O–H groups in total. The molecule has 0 spiro atoms. The van der Waals surface area contributed by atoms with Gasteiger partial charge in [0.25, 0.3) is 0 Å². The largest absolute Gasteiger partial charge is 0.490 e. The number of hydrogen-bond donors (Lipinski definition) is 2. The summed E-state index contributed by atoms with van der Waals surface area (Å²) in [4.78, 5) is 65.1. The van der Waals surface area contributed by atoms with Gasteiger partial charge in [-0.25, -0.2) is 24.0 Å². The third kappa shape index (κ3) is 34.5. The highest BCUT2D eigenvalue weighted by molar-refractivity contribution is 5.88. The van der Waals surface area contributed by atoms with Gasteiger partial charge in [0.15, 0.2) is 0 Å². The third-order valence-corrected chi connectivity index (χ3v) is 8.78. The summed E-state index contributed by atoms with van der Waals surface area (Å²) in [5.41, 5.74) is 1.35. The maximum absolute atomic E-state index is 11.1. The third-order valence-electron chi connectivity index (χ3n) is 8.78. The molecule has 70 heavy (non-hydrogen) atoms. The molecule has 386 valence electrons. The molecule has 4 rings (SSSR count). The summed E-state index contributed by atoms with van der Waals surface area (Å²) in [7, 11) is 0. The predicted molar refractivity (Wildman–Crippen MR) is 264 cm³/mol. The molecule has 2 aromatic rings. The second kappa shape index (κ2) is 39.1. The molecule has 1 aliphatic carbocycles. The van der Waals surface area contributed by atoms with E-state index in [1.165, 1.54) is 19.9 Å². The average Bonchev–Trinajstić information content (AvgIpc) is 4.14. The van der Waals surface area contributed by atoms with Crippen molar-refractivity contribution in [2.75, 3.05) is 59.6 Å². The van der Waals surface area contributed by atoms with Crippen LogP contribution in [-0.2, 0) is 61.9 Å². The normalized spacial score (nSPS) is 14.4. The maximum atomic E-state index is 11.1. The number of esters is 5. The van der Waals surface area contributed by atoms with Crippen molar-refractivity contribution in [3.8, 4) is 11.5 Å². The fraction of sp³-hybridized carbons (Fsp3) is 0.434. The number of carbonyl (C=O) groups excluding carboxylic acids is 6. The van der Waals surface area contributed by atoms with Gasteiger partial charge in [-0.15, -0.1) is 0 Å². The Kier molecular flexibility index (Phi) is 35.3. The SMILES string of the molecule is C=C(C)C(=O)OCC(O)COC(=O)C(=C)C.C=C(C)C(=O)OCC1CCC2OC2C1.C=C(C)C(=O)OCCOc1ccccc1.C=CC(=O)NCOCCCC.C=CC(=O)OCCOc1ccccc1. The molecule has 3 unspecified atom stereocenters. The Hall–Kier alpha value is -6.82. The highest BCUT2D eigenvalue weighted by Gasteiger charge is 2.44. The van der Waals surface area contributed by atoms with Crippen molar-refractivity contribution < 1.29 is 76.5 Å². The number of hydrogen-bond acceptors (Lipinski definition) is 16. The lowest BCUT2D eigenvalue weighted by Crippen LogP contribution is -2.25. The smallest absolute Gasteiger partial charge is 0.333 e. The number of nitrogens with one attached hydrogen (secondary N) is 1. The van der Waals surface area contributed by atoms with Gasteiger partial charge in [0.05, 0.1) is 18.8 Å². The summed E-state index contributed by atoms with van der Waals surface area (Å²) in [6, 6.07) is 18.7. The number of epoxide rings is 1. The summed E-state index contributed by atoms with van der Waals surface area (Å²) in [5.74, 6) is -0.442. The fourth-order valence-corrected chi connectivity index (χ4v) is 4.92. The molecular formula is C53H73NO16. The first-order chi connectivity index (χ1) is 33.3. The molecule has 2 aliphatic rings. The molecule has 0 bridgehead atoms. The molecule has 0 aromatic heterocycles. The summed E-state index contributed by atoms with van der Waals surface area (Å²) in [6.07, 6.45) is 7.70. The van der Waals surface area contributed by atoms with E-state index in [2.05, 4.69) is 61.2 Å². The van der Waals surface area contributed by atoms with Crippen molar-refractivity contribution in [2.45, 2.75) is 85.0 Å². The molecule has 1 amide bonds. The number of benzene rings is 2. The summed E-state index contributed by atoms with van der Waals surface area (Å²) in [5, 5.41) is 11.8. The number of ether oxygens (including phenoxy) is 9. The van der Waals surface area contributed by atoms with Crippen LogP contribution in [0.5, 0.6) is 11.5 Å². The zero-order valence-corrected chi connectivity index (χ0v) is 41.5. The second-order valence-corrected chi connectivity index (χ2v) is 15.4. The molecule has 17 heteroatoms. The number of fused-ring (bicyclic) bond motifs is 1. The van der Waals surface area contributed by atoms with Crippen LogP contribution in [0.3, 0.4) is 0 Å². The van der Waals surface area contributed by atoms with Crippen LogP contribution < -0.4 is 14.8 Å². The first kappa shape index (κ1) is 63.2. The number of para-hydroxylation sites is 2. The molecule has 3 atom stereocenters. The summed E-state index contributed by atoms with van der Waals surface area (Å²) in [6.45, 7) is 30.9. The molecule has 1 aliphatic heterocycles. The topological polar surface area (TPSA) is 221 Å². The highest BCUT2D eigenvalue weighted by Crippen LogP contribution is 2.39. The van der Waals surface area contributed by atoms with Crippen LogP contribution in [0.25, 0.3) is 0 Å². The quantitative estimate of drug-likeness (QED) is 0.0249. The number of aliphatic hydroxyl groups excluding tert-OH is 1. The Balaban J connectivity index is 0.000000854. The van der Waals surface area contributed by atoms with E-state index in [0.717, 1.165) is 49.7 Å². The van der Waals surface area contributed by atoms with Gasteiger partial charge in [0.1, 0.15) is 64.0 Å². The Labute approximate surface area is 413 Å². The van der Waals surface area contributed by atoms with Crippen LogP contribution in [0.4, 0.5) is 0 Å². The number of carbonyl (C=O) groups is 6. The monoisotopic (exact) mass is 979 g/mol. The van der Waals surface area contributed by atoms with Gasteiger partial charge < -0.3 is 53.1 Å². The van der Waals surface area contributed by atoms with Crippen molar-refractivity contribution in [3.05, 3.63) is 135 Å². The zero-order valence-electron chi connectivity index (χ0n) is 41.5. The van der Waals surface area contributed by atoms with Crippen molar-refractivity contribution in [1.82, 2.24) is 5.32 Å². The molecule has 2 aromatic carbocycles. The van der Waals surface area contributed by atoms with Gasteiger partial charge in [-0.2, -0.15) is 0 Å². The van der Waals surface area contributed by atoms with Gasteiger partial charge in [0.2, 0.25) is 5.91 Å². The Morgan fingerprint density at radius 2 is 1.11 bits per heavy atom. The highest BCUT2D eigenvalue weighted by atomic mass is 16.6. The zero-order chi connectivity index (χ0) is 52.7. The van der Waals surface area contributed by atoms with Gasteiger partial charge >= 0.3 is 29.8 Å². The molecule has 1 heterocycles. The Morgan fingerprint density at radius 3 is 1.56 bits per heavy atom. The van der Waals surface area contributed by atoms with Gasteiger partial charge in [-0.1, -0.05) is 89.2 Å². The minimum atomic E-state index is -1.05. The molecule has 1 saturated heterocycles.